The van der Waals surface area contributed by atoms with Gasteiger partial charge in [0.15, 0.2) is 0 Å². The number of hydrogen-bond donors (Lipinski definition) is 0. The van der Waals surface area contributed by atoms with Crippen molar-refractivity contribution >= 4 is 5.57 Å². The lowest BCUT2D eigenvalue weighted by atomic mass is 9.55. The van der Waals surface area contributed by atoms with Gasteiger partial charge in [-0.1, -0.05) is 30.7 Å². The molecule has 0 saturated heterocycles. The maximum absolute atomic E-state index is 4.36. The Hall–Kier alpha value is -1.37. The third-order valence-corrected chi connectivity index (χ3v) is 7.63. The number of pyridine rings is 1. The quantitative estimate of drug-likeness (QED) is 0.588. The standard InChI is InChI=1S/C23H29N/c1-15-4-6-18-16(13-15)5-7-22-20(18)10-11-21-19(8-9-23(21)22)17-3-2-12-24-14-17/h2-3,5,8,12,14-15,18,20-23H,4,6-7,9-11,13H2,1H3/t15-,18-,20+,21+,22+,23+/m0/s1. The molecule has 24 heavy (non-hydrogen) atoms. The van der Waals surface area contributed by atoms with Crippen molar-refractivity contribution in [1.82, 2.24) is 4.98 Å². The third-order valence-electron chi connectivity index (χ3n) is 7.63. The van der Waals surface area contributed by atoms with Crippen LogP contribution in [0.3, 0.4) is 0 Å². The van der Waals surface area contributed by atoms with E-state index >= 15 is 0 Å². The molecular weight excluding hydrogens is 290 g/mol. The second-order valence-electron chi connectivity index (χ2n) is 8.82. The highest BCUT2D eigenvalue weighted by molar-refractivity contribution is 5.69. The van der Waals surface area contributed by atoms with E-state index in [0.717, 1.165) is 35.5 Å². The zero-order valence-electron chi connectivity index (χ0n) is 14.8. The largest absolute Gasteiger partial charge is 0.264 e. The molecule has 0 aromatic carbocycles. The van der Waals surface area contributed by atoms with Crippen molar-refractivity contribution in [2.75, 3.05) is 0 Å². The first-order valence-corrected chi connectivity index (χ1v) is 10.1. The summed E-state index contributed by atoms with van der Waals surface area (Å²) in [5.74, 6) is 5.48. The number of nitrogens with zero attached hydrogens (tertiary/aromatic N) is 1. The van der Waals surface area contributed by atoms with Crippen LogP contribution in [0.5, 0.6) is 0 Å². The van der Waals surface area contributed by atoms with Gasteiger partial charge in [0.1, 0.15) is 0 Å². The molecule has 5 rings (SSSR count). The lowest BCUT2D eigenvalue weighted by Crippen LogP contribution is -2.40. The molecule has 0 amide bonds. The van der Waals surface area contributed by atoms with Crippen molar-refractivity contribution in [1.29, 1.82) is 0 Å². The van der Waals surface area contributed by atoms with Crippen molar-refractivity contribution in [3.8, 4) is 0 Å². The molecule has 0 radical (unpaired) electrons. The Kier molecular flexibility index (Phi) is 3.65. The number of fused-ring (bicyclic) bond motifs is 5. The van der Waals surface area contributed by atoms with Gasteiger partial charge in [0.05, 0.1) is 0 Å². The Balaban J connectivity index is 1.40. The molecule has 2 fully saturated rings. The van der Waals surface area contributed by atoms with Crippen LogP contribution in [-0.4, -0.2) is 4.98 Å². The van der Waals surface area contributed by atoms with E-state index < -0.39 is 0 Å². The van der Waals surface area contributed by atoms with Crippen LogP contribution in [0.25, 0.3) is 5.57 Å². The summed E-state index contributed by atoms with van der Waals surface area (Å²) in [5, 5.41) is 0. The molecule has 1 heteroatoms. The normalized spacial score (nSPS) is 40.9. The van der Waals surface area contributed by atoms with Gasteiger partial charge in [-0.2, -0.15) is 0 Å². The van der Waals surface area contributed by atoms with Gasteiger partial charge in [-0.15, -0.1) is 0 Å². The molecule has 6 atom stereocenters. The first kappa shape index (κ1) is 14.9. The highest BCUT2D eigenvalue weighted by Crippen LogP contribution is 2.57. The molecular formula is C23H29N. The van der Waals surface area contributed by atoms with Crippen molar-refractivity contribution in [2.24, 2.45) is 35.5 Å². The topological polar surface area (TPSA) is 12.9 Å². The fourth-order valence-corrected chi connectivity index (χ4v) is 6.59. The van der Waals surface area contributed by atoms with Crippen LogP contribution in [0.1, 0.15) is 57.4 Å². The average Bonchev–Trinajstić information content (AvgIpc) is 3.06. The van der Waals surface area contributed by atoms with E-state index in [0.29, 0.717) is 0 Å². The Morgan fingerprint density at radius 2 is 1.79 bits per heavy atom. The van der Waals surface area contributed by atoms with E-state index in [1.165, 1.54) is 50.5 Å². The van der Waals surface area contributed by atoms with E-state index in [9.17, 15) is 0 Å². The molecule has 0 N–H and O–H groups in total. The van der Waals surface area contributed by atoms with Crippen LogP contribution < -0.4 is 0 Å². The summed E-state index contributed by atoms with van der Waals surface area (Å²) in [4.78, 5) is 4.36. The van der Waals surface area contributed by atoms with Gasteiger partial charge < -0.3 is 0 Å². The number of rotatable bonds is 1. The number of allylic oxidation sites excluding steroid dienone is 4. The van der Waals surface area contributed by atoms with Gasteiger partial charge in [-0.05, 0) is 97.7 Å². The summed E-state index contributed by atoms with van der Waals surface area (Å²) < 4.78 is 0. The van der Waals surface area contributed by atoms with E-state index in [1.807, 2.05) is 11.8 Å². The Labute approximate surface area is 146 Å². The minimum Gasteiger partial charge on any atom is -0.264 e. The van der Waals surface area contributed by atoms with Gasteiger partial charge in [0.25, 0.3) is 0 Å². The SMILES string of the molecule is C[C@H]1CC[C@H]2C(=CC[C@H]3[C@@H]4CC=C(c5cccnc5)[C@H]4CC[C@@H]32)C1. The van der Waals surface area contributed by atoms with E-state index in [-0.39, 0.29) is 0 Å². The molecule has 0 spiro atoms. The van der Waals surface area contributed by atoms with Gasteiger partial charge in [0.2, 0.25) is 0 Å². The van der Waals surface area contributed by atoms with Gasteiger partial charge in [0, 0.05) is 12.4 Å². The second kappa shape index (κ2) is 5.86. The van der Waals surface area contributed by atoms with E-state index in [2.05, 4.69) is 42.4 Å². The van der Waals surface area contributed by atoms with E-state index in [1.54, 1.807) is 5.57 Å². The summed E-state index contributed by atoms with van der Waals surface area (Å²) in [7, 11) is 0. The molecule has 2 saturated carbocycles. The fourth-order valence-electron chi connectivity index (χ4n) is 6.59. The summed E-state index contributed by atoms with van der Waals surface area (Å²) in [5.41, 5.74) is 4.83. The predicted octanol–water partition coefficient (Wildman–Crippen LogP) is 5.89. The summed E-state index contributed by atoms with van der Waals surface area (Å²) >= 11 is 0. The molecule has 0 unspecified atom stereocenters. The fraction of sp³-hybridized carbons (Fsp3) is 0.609. The van der Waals surface area contributed by atoms with Crippen molar-refractivity contribution in [3.05, 3.63) is 47.8 Å². The highest BCUT2D eigenvalue weighted by Gasteiger charge is 2.47. The smallest absolute Gasteiger partial charge is 0.0343 e. The van der Waals surface area contributed by atoms with Gasteiger partial charge >= 0.3 is 0 Å². The van der Waals surface area contributed by atoms with Gasteiger partial charge in [-0.3, -0.25) is 4.98 Å². The Bertz CT molecular complexity index is 671. The van der Waals surface area contributed by atoms with Crippen LogP contribution in [0, 0.1) is 35.5 Å². The second-order valence-corrected chi connectivity index (χ2v) is 8.82. The third kappa shape index (κ3) is 2.31. The zero-order chi connectivity index (χ0) is 16.1. The molecule has 1 aromatic rings. The average molecular weight is 319 g/mol. The monoisotopic (exact) mass is 319 g/mol. The molecule has 0 aliphatic heterocycles. The maximum atomic E-state index is 4.36. The van der Waals surface area contributed by atoms with Crippen molar-refractivity contribution in [3.63, 3.8) is 0 Å². The van der Waals surface area contributed by atoms with Crippen LogP contribution >= 0.6 is 0 Å². The summed E-state index contributed by atoms with van der Waals surface area (Å²) in [6.07, 6.45) is 19.0. The van der Waals surface area contributed by atoms with E-state index in [4.69, 9.17) is 0 Å². The van der Waals surface area contributed by atoms with Crippen molar-refractivity contribution < 1.29 is 0 Å². The lowest BCUT2D eigenvalue weighted by molar-refractivity contribution is 0.0702. The number of aromatic nitrogens is 1. The summed E-state index contributed by atoms with van der Waals surface area (Å²) in [6, 6.07) is 4.35. The molecule has 1 heterocycles. The zero-order valence-corrected chi connectivity index (χ0v) is 14.8. The Morgan fingerprint density at radius 1 is 0.917 bits per heavy atom. The Morgan fingerprint density at radius 3 is 2.67 bits per heavy atom. The first-order chi connectivity index (χ1) is 11.8. The molecule has 4 aliphatic rings. The molecule has 4 aliphatic carbocycles. The number of hydrogen-bond acceptors (Lipinski definition) is 1. The first-order valence-electron chi connectivity index (χ1n) is 10.1. The van der Waals surface area contributed by atoms with Crippen LogP contribution in [-0.2, 0) is 0 Å². The van der Waals surface area contributed by atoms with Crippen LogP contribution in [0.4, 0.5) is 0 Å². The molecule has 1 aromatic heterocycles. The molecule has 126 valence electrons. The molecule has 1 nitrogen and oxygen atoms in total. The van der Waals surface area contributed by atoms with Gasteiger partial charge in [-0.25, -0.2) is 0 Å². The lowest BCUT2D eigenvalue weighted by Gasteiger charge is -2.49. The summed E-state index contributed by atoms with van der Waals surface area (Å²) in [6.45, 7) is 2.45. The van der Waals surface area contributed by atoms with Crippen molar-refractivity contribution in [2.45, 2.75) is 51.9 Å². The maximum Gasteiger partial charge on any atom is 0.0343 e. The van der Waals surface area contributed by atoms with Crippen LogP contribution in [0.15, 0.2) is 42.3 Å². The minimum absolute atomic E-state index is 0.799. The van der Waals surface area contributed by atoms with Crippen LogP contribution in [0.2, 0.25) is 0 Å². The predicted molar refractivity (Wildman–Crippen MR) is 99.2 cm³/mol. The molecule has 0 bridgehead atoms. The highest BCUT2D eigenvalue weighted by atomic mass is 14.6. The minimum atomic E-state index is 0.799.